The fraction of sp³-hybridized carbons (Fsp3) is 0.462. The number of aliphatic imine (C=N–C) groups is 1. The Morgan fingerprint density at radius 3 is 3.06 bits per heavy atom. The van der Waals surface area contributed by atoms with Crippen molar-refractivity contribution in [2.75, 3.05) is 6.54 Å². The predicted molar refractivity (Wildman–Crippen MR) is 66.4 cm³/mol. The van der Waals surface area contributed by atoms with Crippen molar-refractivity contribution in [1.29, 1.82) is 0 Å². The molecule has 0 aromatic carbocycles. The second-order valence-electron chi connectivity index (χ2n) is 4.40. The maximum absolute atomic E-state index is 9.65. The summed E-state index contributed by atoms with van der Waals surface area (Å²) in [6.45, 7) is 2.76. The molecule has 1 unspecified atom stereocenters. The zero-order valence-electron chi connectivity index (χ0n) is 9.61. The third kappa shape index (κ3) is 2.35. The van der Waals surface area contributed by atoms with Crippen LogP contribution in [0, 0.1) is 5.92 Å². The lowest BCUT2D eigenvalue weighted by atomic mass is 9.92. The molecule has 3 N–H and O–H groups in total. The Morgan fingerprint density at radius 2 is 2.38 bits per heavy atom. The van der Waals surface area contributed by atoms with Crippen molar-refractivity contribution in [3.05, 3.63) is 35.1 Å². The van der Waals surface area contributed by atoms with Crippen molar-refractivity contribution in [2.45, 2.75) is 26.2 Å². The molecule has 0 saturated carbocycles. The molecule has 1 heterocycles. The average Bonchev–Trinajstić information content (AvgIpc) is 2.27. The summed E-state index contributed by atoms with van der Waals surface area (Å²) in [5.74, 6) is 1.32. The van der Waals surface area contributed by atoms with Crippen LogP contribution in [0.15, 0.2) is 40.1 Å². The summed E-state index contributed by atoms with van der Waals surface area (Å²) < 4.78 is 0. The van der Waals surface area contributed by atoms with E-state index in [2.05, 4.69) is 17.1 Å². The van der Waals surface area contributed by atoms with Gasteiger partial charge < -0.3 is 10.8 Å². The Labute approximate surface area is 96.1 Å². The lowest BCUT2D eigenvalue weighted by Gasteiger charge is -2.17. The SMILES string of the molecule is CC1=CCC(/C=C2\CCCN=C2N)C=C1O. The first-order valence-corrected chi connectivity index (χ1v) is 5.75. The van der Waals surface area contributed by atoms with Crippen molar-refractivity contribution in [3.63, 3.8) is 0 Å². The Bertz CT molecular complexity index is 402. The molecule has 0 fully saturated rings. The second kappa shape index (κ2) is 4.56. The van der Waals surface area contributed by atoms with Crippen LogP contribution in [-0.2, 0) is 0 Å². The van der Waals surface area contributed by atoms with Crippen molar-refractivity contribution < 1.29 is 5.11 Å². The van der Waals surface area contributed by atoms with E-state index in [1.807, 2.05) is 13.0 Å². The first-order valence-electron chi connectivity index (χ1n) is 5.75. The molecule has 0 radical (unpaired) electrons. The van der Waals surface area contributed by atoms with Gasteiger partial charge in [-0.05, 0) is 43.4 Å². The number of nitrogens with two attached hydrogens (primary N) is 1. The van der Waals surface area contributed by atoms with Crippen LogP contribution in [0.1, 0.15) is 26.2 Å². The molecular weight excluding hydrogens is 200 g/mol. The normalized spacial score (nSPS) is 28.4. The molecule has 0 spiro atoms. The summed E-state index contributed by atoms with van der Waals surface area (Å²) in [6.07, 6.45) is 9.11. The smallest absolute Gasteiger partial charge is 0.121 e. The Balaban J connectivity index is 2.14. The van der Waals surface area contributed by atoms with E-state index in [0.717, 1.165) is 37.0 Å². The van der Waals surface area contributed by atoms with Gasteiger partial charge >= 0.3 is 0 Å². The minimum absolute atomic E-state index is 0.255. The Hall–Kier alpha value is -1.51. The van der Waals surface area contributed by atoms with Crippen molar-refractivity contribution in [3.8, 4) is 0 Å². The van der Waals surface area contributed by atoms with Crippen LogP contribution in [0.4, 0.5) is 0 Å². The lowest BCUT2D eigenvalue weighted by Crippen LogP contribution is -2.20. The van der Waals surface area contributed by atoms with Gasteiger partial charge in [0.15, 0.2) is 0 Å². The van der Waals surface area contributed by atoms with Crippen LogP contribution in [0.3, 0.4) is 0 Å². The first-order chi connectivity index (χ1) is 7.66. The molecule has 1 aliphatic carbocycles. The molecule has 0 saturated heterocycles. The van der Waals surface area contributed by atoms with Gasteiger partial charge in [0.05, 0.1) is 0 Å². The maximum Gasteiger partial charge on any atom is 0.121 e. The van der Waals surface area contributed by atoms with Crippen LogP contribution >= 0.6 is 0 Å². The quantitative estimate of drug-likeness (QED) is 0.710. The number of hydrogen-bond donors (Lipinski definition) is 2. The van der Waals surface area contributed by atoms with Gasteiger partial charge in [-0.15, -0.1) is 0 Å². The molecule has 0 aromatic rings. The molecule has 3 nitrogen and oxygen atoms in total. The molecule has 0 aromatic heterocycles. The number of hydrogen-bond acceptors (Lipinski definition) is 3. The van der Waals surface area contributed by atoms with Crippen LogP contribution in [0.5, 0.6) is 0 Å². The standard InChI is InChI=1S/C13H18N2O/c1-9-4-5-10(8-12(9)16)7-11-3-2-6-15-13(11)14/h4,7-8,10,16H,2-3,5-6H2,1H3,(H2,14,15)/b11-7+. The van der Waals surface area contributed by atoms with E-state index in [1.165, 1.54) is 0 Å². The molecule has 2 rings (SSSR count). The minimum Gasteiger partial charge on any atom is -0.508 e. The van der Waals surface area contributed by atoms with Crippen LogP contribution in [0.2, 0.25) is 0 Å². The molecule has 2 aliphatic rings. The van der Waals surface area contributed by atoms with Crippen molar-refractivity contribution in [2.24, 2.45) is 16.6 Å². The summed E-state index contributed by atoms with van der Waals surface area (Å²) in [5, 5.41) is 9.65. The van der Waals surface area contributed by atoms with E-state index in [-0.39, 0.29) is 5.92 Å². The summed E-state index contributed by atoms with van der Waals surface area (Å²) in [6, 6.07) is 0. The molecule has 1 atom stereocenters. The topological polar surface area (TPSA) is 58.6 Å². The molecule has 0 amide bonds. The fourth-order valence-electron chi connectivity index (χ4n) is 2.06. The summed E-state index contributed by atoms with van der Waals surface area (Å²) in [4.78, 5) is 4.24. The van der Waals surface area contributed by atoms with Crippen LogP contribution in [0.25, 0.3) is 0 Å². The van der Waals surface area contributed by atoms with Gasteiger partial charge in [-0.25, -0.2) is 0 Å². The Kier molecular flexibility index (Phi) is 3.13. The molecular formula is C13H18N2O. The van der Waals surface area contributed by atoms with Crippen LogP contribution in [-0.4, -0.2) is 17.5 Å². The summed E-state index contributed by atoms with van der Waals surface area (Å²) >= 11 is 0. The van der Waals surface area contributed by atoms with Gasteiger partial charge in [0.25, 0.3) is 0 Å². The van der Waals surface area contributed by atoms with E-state index < -0.39 is 0 Å². The maximum atomic E-state index is 9.65. The molecule has 16 heavy (non-hydrogen) atoms. The highest BCUT2D eigenvalue weighted by Gasteiger charge is 2.14. The van der Waals surface area contributed by atoms with Crippen molar-refractivity contribution in [1.82, 2.24) is 0 Å². The number of aliphatic hydroxyl groups excluding tert-OH is 1. The van der Waals surface area contributed by atoms with Crippen LogP contribution < -0.4 is 5.73 Å². The van der Waals surface area contributed by atoms with E-state index >= 15 is 0 Å². The highest BCUT2D eigenvalue weighted by Crippen LogP contribution is 2.24. The minimum atomic E-state index is 0.255. The lowest BCUT2D eigenvalue weighted by molar-refractivity contribution is 0.412. The van der Waals surface area contributed by atoms with Gasteiger partial charge in [0, 0.05) is 12.5 Å². The highest BCUT2D eigenvalue weighted by molar-refractivity contribution is 5.97. The van der Waals surface area contributed by atoms with Crippen molar-refractivity contribution >= 4 is 5.84 Å². The number of aliphatic hydroxyl groups is 1. The number of nitrogens with zero attached hydrogens (tertiary/aromatic N) is 1. The van der Waals surface area contributed by atoms with E-state index in [9.17, 15) is 5.11 Å². The molecule has 3 heteroatoms. The monoisotopic (exact) mass is 218 g/mol. The summed E-state index contributed by atoms with van der Waals surface area (Å²) in [5.41, 5.74) is 7.93. The second-order valence-corrected chi connectivity index (χ2v) is 4.40. The summed E-state index contributed by atoms with van der Waals surface area (Å²) in [7, 11) is 0. The molecule has 1 aliphatic heterocycles. The number of allylic oxidation sites excluding steroid dienone is 4. The highest BCUT2D eigenvalue weighted by atomic mass is 16.3. The number of amidine groups is 1. The largest absolute Gasteiger partial charge is 0.508 e. The third-order valence-corrected chi connectivity index (χ3v) is 3.10. The van der Waals surface area contributed by atoms with Gasteiger partial charge in [-0.3, -0.25) is 4.99 Å². The zero-order valence-corrected chi connectivity index (χ0v) is 9.61. The van der Waals surface area contributed by atoms with E-state index in [0.29, 0.717) is 11.6 Å². The van der Waals surface area contributed by atoms with E-state index in [4.69, 9.17) is 5.73 Å². The van der Waals surface area contributed by atoms with Gasteiger partial charge in [-0.1, -0.05) is 12.2 Å². The third-order valence-electron chi connectivity index (χ3n) is 3.10. The van der Waals surface area contributed by atoms with E-state index in [1.54, 1.807) is 0 Å². The average molecular weight is 218 g/mol. The fourth-order valence-corrected chi connectivity index (χ4v) is 2.06. The van der Waals surface area contributed by atoms with Gasteiger partial charge in [-0.2, -0.15) is 0 Å². The molecule has 0 bridgehead atoms. The first kappa shape index (κ1) is 11.0. The number of rotatable bonds is 1. The van der Waals surface area contributed by atoms with Gasteiger partial charge in [0.2, 0.25) is 0 Å². The Morgan fingerprint density at radius 1 is 1.56 bits per heavy atom. The molecule has 86 valence electrons. The predicted octanol–water partition coefficient (Wildman–Crippen LogP) is 2.47. The zero-order chi connectivity index (χ0) is 11.5. The van der Waals surface area contributed by atoms with Gasteiger partial charge in [0.1, 0.15) is 11.6 Å².